The molecule has 0 aromatic heterocycles. The largest absolute Gasteiger partial charge is 0.495 e. The summed E-state index contributed by atoms with van der Waals surface area (Å²) in [5, 5.41) is 2.64. The van der Waals surface area contributed by atoms with Crippen LogP contribution in [0.4, 0.5) is 10.1 Å². The summed E-state index contributed by atoms with van der Waals surface area (Å²) in [6, 6.07) is 10.6. The Morgan fingerprint density at radius 3 is 2.44 bits per heavy atom. The van der Waals surface area contributed by atoms with Crippen LogP contribution in [-0.2, 0) is 0 Å². The second-order valence-corrected chi connectivity index (χ2v) is 6.44. The summed E-state index contributed by atoms with van der Waals surface area (Å²) in [6.45, 7) is 2.94. The number of carbonyl (C=O) groups excluding carboxylic acids is 2. The zero-order valence-electron chi connectivity index (χ0n) is 15.4. The Kier molecular flexibility index (Phi) is 5.71. The van der Waals surface area contributed by atoms with Gasteiger partial charge in [0.25, 0.3) is 11.8 Å². The highest BCUT2D eigenvalue weighted by molar-refractivity contribution is 6.06. The maximum atomic E-state index is 13.9. The summed E-state index contributed by atoms with van der Waals surface area (Å²) in [4.78, 5) is 29.1. The first-order chi connectivity index (χ1) is 13.0. The number of benzene rings is 2. The first kappa shape index (κ1) is 18.8. The van der Waals surface area contributed by atoms with Crippen molar-refractivity contribution in [2.24, 2.45) is 0 Å². The minimum Gasteiger partial charge on any atom is -0.495 e. The van der Waals surface area contributed by atoms with Crippen LogP contribution in [0.25, 0.3) is 0 Å². The molecule has 1 fully saturated rings. The number of anilines is 1. The van der Waals surface area contributed by atoms with E-state index in [-0.39, 0.29) is 11.5 Å². The Balaban J connectivity index is 1.82. The monoisotopic (exact) mass is 371 g/mol. The van der Waals surface area contributed by atoms with Gasteiger partial charge in [0.05, 0.1) is 18.4 Å². The highest BCUT2D eigenvalue weighted by atomic mass is 19.1. The van der Waals surface area contributed by atoms with Crippen molar-refractivity contribution in [2.75, 3.05) is 45.7 Å². The Morgan fingerprint density at radius 1 is 1.07 bits per heavy atom. The van der Waals surface area contributed by atoms with Crippen molar-refractivity contribution in [3.05, 3.63) is 59.4 Å². The molecular weight excluding hydrogens is 349 g/mol. The Hall–Kier alpha value is -2.93. The molecule has 0 unspecified atom stereocenters. The molecule has 1 aliphatic heterocycles. The summed E-state index contributed by atoms with van der Waals surface area (Å²) in [5.74, 6) is -0.920. The van der Waals surface area contributed by atoms with Gasteiger partial charge in [-0.25, -0.2) is 4.39 Å². The third kappa shape index (κ3) is 4.25. The van der Waals surface area contributed by atoms with E-state index in [0.29, 0.717) is 30.1 Å². The van der Waals surface area contributed by atoms with Gasteiger partial charge in [0, 0.05) is 31.7 Å². The van der Waals surface area contributed by atoms with Crippen LogP contribution in [0.1, 0.15) is 20.7 Å². The average molecular weight is 371 g/mol. The van der Waals surface area contributed by atoms with Gasteiger partial charge >= 0.3 is 0 Å². The number of likely N-dealkylation sites (N-methyl/N-ethyl adjacent to an activating group) is 1. The molecule has 1 saturated heterocycles. The van der Waals surface area contributed by atoms with Gasteiger partial charge in [-0.05, 0) is 37.4 Å². The van der Waals surface area contributed by atoms with E-state index in [2.05, 4.69) is 10.2 Å². The molecule has 1 aliphatic rings. The molecule has 142 valence electrons. The molecule has 0 spiro atoms. The molecule has 2 aromatic rings. The van der Waals surface area contributed by atoms with E-state index < -0.39 is 11.7 Å². The smallest absolute Gasteiger partial charge is 0.258 e. The van der Waals surface area contributed by atoms with Crippen LogP contribution in [0.2, 0.25) is 0 Å². The zero-order chi connectivity index (χ0) is 19.4. The standard InChI is InChI=1S/C20H22FN3O3/c1-23-9-11-24(12-10-23)20(26)14-7-8-18(27-2)17(13-14)22-19(25)15-5-3-4-6-16(15)21/h3-8,13H,9-12H2,1-2H3,(H,22,25). The molecule has 0 atom stereocenters. The molecule has 1 N–H and O–H groups in total. The summed E-state index contributed by atoms with van der Waals surface area (Å²) in [5.41, 5.74) is 0.699. The molecule has 0 radical (unpaired) electrons. The van der Waals surface area contributed by atoms with Crippen LogP contribution >= 0.6 is 0 Å². The fraction of sp³-hybridized carbons (Fsp3) is 0.300. The summed E-state index contributed by atoms with van der Waals surface area (Å²) in [6.07, 6.45) is 0. The van der Waals surface area contributed by atoms with Crippen LogP contribution in [0, 0.1) is 5.82 Å². The van der Waals surface area contributed by atoms with Crippen molar-refractivity contribution in [3.63, 3.8) is 0 Å². The number of ether oxygens (including phenoxy) is 1. The van der Waals surface area contributed by atoms with Gasteiger partial charge in [-0.1, -0.05) is 12.1 Å². The quantitative estimate of drug-likeness (QED) is 0.897. The highest BCUT2D eigenvalue weighted by Gasteiger charge is 2.22. The van der Waals surface area contributed by atoms with E-state index >= 15 is 0 Å². The predicted octanol–water partition coefficient (Wildman–Crippen LogP) is 2.47. The fourth-order valence-corrected chi connectivity index (χ4v) is 2.97. The van der Waals surface area contributed by atoms with Gasteiger partial charge in [-0.3, -0.25) is 9.59 Å². The number of methoxy groups -OCH3 is 1. The highest BCUT2D eigenvalue weighted by Crippen LogP contribution is 2.27. The van der Waals surface area contributed by atoms with Gasteiger partial charge in [0.2, 0.25) is 0 Å². The van der Waals surface area contributed by atoms with E-state index in [1.54, 1.807) is 29.2 Å². The number of hydrogen-bond acceptors (Lipinski definition) is 4. The van der Waals surface area contributed by atoms with Crippen LogP contribution in [0.5, 0.6) is 5.75 Å². The number of halogens is 1. The second kappa shape index (κ2) is 8.18. The number of hydrogen-bond donors (Lipinski definition) is 1. The van der Waals surface area contributed by atoms with Gasteiger partial charge < -0.3 is 19.9 Å². The van der Waals surface area contributed by atoms with Crippen molar-refractivity contribution < 1.29 is 18.7 Å². The molecule has 27 heavy (non-hydrogen) atoms. The van der Waals surface area contributed by atoms with E-state index in [4.69, 9.17) is 4.74 Å². The molecule has 3 rings (SSSR count). The molecule has 1 heterocycles. The second-order valence-electron chi connectivity index (χ2n) is 6.44. The maximum Gasteiger partial charge on any atom is 0.258 e. The molecule has 7 heteroatoms. The number of amides is 2. The Morgan fingerprint density at radius 2 is 1.78 bits per heavy atom. The number of nitrogens with one attached hydrogen (secondary N) is 1. The van der Waals surface area contributed by atoms with Gasteiger partial charge in [-0.15, -0.1) is 0 Å². The summed E-state index contributed by atoms with van der Waals surface area (Å²) in [7, 11) is 3.49. The van der Waals surface area contributed by atoms with Gasteiger partial charge in [-0.2, -0.15) is 0 Å². The van der Waals surface area contributed by atoms with Crippen LogP contribution in [0.3, 0.4) is 0 Å². The normalized spacial score (nSPS) is 14.7. The number of carbonyl (C=O) groups is 2. The first-order valence-electron chi connectivity index (χ1n) is 8.71. The number of nitrogens with zero attached hydrogens (tertiary/aromatic N) is 2. The third-order valence-corrected chi connectivity index (χ3v) is 4.60. The minimum atomic E-state index is -0.612. The van der Waals surface area contributed by atoms with Crippen molar-refractivity contribution in [2.45, 2.75) is 0 Å². The average Bonchev–Trinajstić information content (AvgIpc) is 2.68. The first-order valence-corrected chi connectivity index (χ1v) is 8.71. The lowest BCUT2D eigenvalue weighted by molar-refractivity contribution is 0.0664. The summed E-state index contributed by atoms with van der Waals surface area (Å²) >= 11 is 0. The fourth-order valence-electron chi connectivity index (χ4n) is 2.97. The number of piperazine rings is 1. The van der Waals surface area contributed by atoms with E-state index in [1.165, 1.54) is 25.3 Å². The number of rotatable bonds is 4. The van der Waals surface area contributed by atoms with Crippen molar-refractivity contribution >= 4 is 17.5 Å². The SMILES string of the molecule is COc1ccc(C(=O)N2CCN(C)CC2)cc1NC(=O)c1ccccc1F. The minimum absolute atomic E-state index is 0.0737. The lowest BCUT2D eigenvalue weighted by atomic mass is 10.1. The van der Waals surface area contributed by atoms with Crippen LogP contribution < -0.4 is 10.1 Å². The van der Waals surface area contributed by atoms with Gasteiger partial charge in [0.1, 0.15) is 11.6 Å². The predicted molar refractivity (Wildman–Crippen MR) is 101 cm³/mol. The Bertz CT molecular complexity index is 848. The molecule has 0 saturated carbocycles. The Labute approximate surface area is 157 Å². The maximum absolute atomic E-state index is 13.9. The van der Waals surface area contributed by atoms with E-state index in [1.807, 2.05) is 7.05 Å². The zero-order valence-corrected chi connectivity index (χ0v) is 15.4. The van der Waals surface area contributed by atoms with Crippen molar-refractivity contribution in [3.8, 4) is 5.75 Å². The lowest BCUT2D eigenvalue weighted by Gasteiger charge is -2.32. The van der Waals surface area contributed by atoms with E-state index in [9.17, 15) is 14.0 Å². The molecule has 6 nitrogen and oxygen atoms in total. The van der Waals surface area contributed by atoms with Crippen molar-refractivity contribution in [1.29, 1.82) is 0 Å². The third-order valence-electron chi connectivity index (χ3n) is 4.60. The van der Waals surface area contributed by atoms with Crippen LogP contribution in [-0.4, -0.2) is 62.0 Å². The molecule has 2 aromatic carbocycles. The molecule has 2 amide bonds. The molecule has 0 aliphatic carbocycles. The molecule has 0 bridgehead atoms. The topological polar surface area (TPSA) is 61.9 Å². The molecular formula is C20H22FN3O3. The van der Waals surface area contributed by atoms with Gasteiger partial charge in [0.15, 0.2) is 0 Å². The lowest BCUT2D eigenvalue weighted by Crippen LogP contribution is -2.47. The van der Waals surface area contributed by atoms with Crippen LogP contribution in [0.15, 0.2) is 42.5 Å². The summed E-state index contributed by atoms with van der Waals surface area (Å²) < 4.78 is 19.1. The van der Waals surface area contributed by atoms with E-state index in [0.717, 1.165) is 13.1 Å². The van der Waals surface area contributed by atoms with Crippen molar-refractivity contribution in [1.82, 2.24) is 9.80 Å².